The molecule has 286 valence electrons. The molecule has 7 rings (SSSR count). The average Bonchev–Trinajstić information content (AvgIpc) is 3.24. The Kier molecular flexibility index (Phi) is 13.0. The lowest BCUT2D eigenvalue weighted by Crippen LogP contribution is -2.31. The Morgan fingerprint density at radius 1 is 0.500 bits per heavy atom. The maximum Gasteiger partial charge on any atom is 0.193 e. The minimum absolute atomic E-state index is 0.0682. The van der Waals surface area contributed by atoms with E-state index in [0.717, 1.165) is 37.2 Å². The second-order valence-electron chi connectivity index (χ2n) is 13.4. The fraction of sp³-hybridized carbons (Fsp3) is 0.234. The first kappa shape index (κ1) is 38.3. The van der Waals surface area contributed by atoms with Crippen LogP contribution in [0.5, 0.6) is 11.5 Å². The third-order valence-corrected chi connectivity index (χ3v) is 9.48. The zero-order valence-electron chi connectivity index (χ0n) is 31.5. The molecule has 0 unspecified atom stereocenters. The summed E-state index contributed by atoms with van der Waals surface area (Å²) in [6, 6.07) is 41.3. The molecule has 0 radical (unpaired) electrons. The van der Waals surface area contributed by atoms with Crippen LogP contribution >= 0.6 is 0 Å². The lowest BCUT2D eigenvalue weighted by molar-refractivity contribution is 0.0534. The third kappa shape index (κ3) is 10.2. The third-order valence-electron chi connectivity index (χ3n) is 9.48. The van der Waals surface area contributed by atoms with Crippen molar-refractivity contribution < 1.29 is 27.8 Å². The molecule has 0 saturated heterocycles. The Morgan fingerprint density at radius 3 is 1.41 bits per heavy atom. The number of aryl methyl sites for hydroxylation is 1. The minimum Gasteiger partial charge on any atom is -0.491 e. The monoisotopic (exact) mass is 751 g/mol. The van der Waals surface area contributed by atoms with Crippen LogP contribution in [0.25, 0.3) is 44.6 Å². The maximum atomic E-state index is 12.5. The van der Waals surface area contributed by atoms with Crippen LogP contribution in [0.4, 0.5) is 0 Å². The molecular weight excluding hydrogens is 707 g/mol. The van der Waals surface area contributed by atoms with Crippen LogP contribution in [0.15, 0.2) is 152 Å². The van der Waals surface area contributed by atoms with Gasteiger partial charge in [-0.15, -0.1) is 0 Å². The van der Waals surface area contributed by atoms with Crippen LogP contribution in [0.1, 0.15) is 18.1 Å². The van der Waals surface area contributed by atoms with Crippen molar-refractivity contribution in [3.63, 3.8) is 0 Å². The molecular formula is C47H45NO8. The summed E-state index contributed by atoms with van der Waals surface area (Å²) >= 11 is 0. The molecule has 2 aromatic heterocycles. The molecule has 0 atom stereocenters. The Labute approximate surface area is 325 Å². The average molecular weight is 752 g/mol. The highest BCUT2D eigenvalue weighted by Crippen LogP contribution is 2.26. The Balaban J connectivity index is 0.830. The van der Waals surface area contributed by atoms with Crippen molar-refractivity contribution in [2.45, 2.75) is 19.9 Å². The van der Waals surface area contributed by atoms with Crippen LogP contribution in [-0.2, 0) is 22.4 Å². The Hall–Kier alpha value is -6.00. The summed E-state index contributed by atoms with van der Waals surface area (Å²) in [6.07, 6.45) is 1.01. The number of nitrogens with zero attached hydrogens (tertiary/aromatic N) is 1. The van der Waals surface area contributed by atoms with Gasteiger partial charge in [0.1, 0.15) is 47.4 Å². The van der Waals surface area contributed by atoms with Gasteiger partial charge in [-0.25, -0.2) is 0 Å². The normalized spacial score (nSPS) is 11.4. The predicted octanol–water partition coefficient (Wildman–Crippen LogP) is 8.79. The minimum atomic E-state index is -0.0682. The summed E-state index contributed by atoms with van der Waals surface area (Å²) in [7, 11) is 0. The molecule has 0 fully saturated rings. The van der Waals surface area contributed by atoms with Gasteiger partial charge in [0.25, 0.3) is 0 Å². The summed E-state index contributed by atoms with van der Waals surface area (Å²) in [4.78, 5) is 27.3. The second-order valence-corrected chi connectivity index (χ2v) is 13.4. The van der Waals surface area contributed by atoms with Gasteiger partial charge in [0.05, 0.1) is 37.2 Å². The number of hydrogen-bond donors (Lipinski definition) is 0. The van der Waals surface area contributed by atoms with Gasteiger partial charge >= 0.3 is 0 Å². The molecule has 0 N–H and O–H groups in total. The van der Waals surface area contributed by atoms with E-state index in [1.165, 1.54) is 23.3 Å². The van der Waals surface area contributed by atoms with Crippen LogP contribution < -0.4 is 20.3 Å². The van der Waals surface area contributed by atoms with Crippen molar-refractivity contribution in [3.05, 3.63) is 165 Å². The number of fused-ring (bicyclic) bond motifs is 2. The predicted molar refractivity (Wildman–Crippen MR) is 220 cm³/mol. The highest BCUT2D eigenvalue weighted by molar-refractivity contribution is 5.79. The number of ether oxygens (including phenoxy) is 4. The number of para-hydroxylation sites is 2. The molecule has 56 heavy (non-hydrogen) atoms. The van der Waals surface area contributed by atoms with E-state index in [1.807, 2.05) is 72.8 Å². The smallest absolute Gasteiger partial charge is 0.193 e. The molecule has 0 aliphatic rings. The summed E-state index contributed by atoms with van der Waals surface area (Å²) < 4.78 is 35.7. The van der Waals surface area contributed by atoms with E-state index in [9.17, 15) is 9.59 Å². The van der Waals surface area contributed by atoms with Gasteiger partial charge in [-0.3, -0.25) is 14.5 Å². The molecule has 0 saturated carbocycles. The molecule has 0 spiro atoms. The van der Waals surface area contributed by atoms with E-state index >= 15 is 0 Å². The first-order valence-corrected chi connectivity index (χ1v) is 19.0. The standard InChI is InChI=1S/C47H45NO8/c1-2-34-11-13-35(14-12-34)33-48(23-25-51-27-29-53-38-19-15-36(16-20-38)46-31-42(49)40-7-3-5-9-44(40)55-46)24-26-52-28-30-54-39-21-17-37(18-22-39)47-32-43(50)41-8-4-6-10-45(41)56-47/h3-22,31-32H,2,23-30,33H2,1H3. The molecule has 0 amide bonds. The number of benzene rings is 5. The van der Waals surface area contributed by atoms with Gasteiger partial charge in [0.15, 0.2) is 10.9 Å². The van der Waals surface area contributed by atoms with Crippen molar-refractivity contribution in [1.29, 1.82) is 0 Å². The topological polar surface area (TPSA) is 101 Å². The second kappa shape index (κ2) is 19.0. The zero-order valence-corrected chi connectivity index (χ0v) is 31.5. The van der Waals surface area contributed by atoms with E-state index < -0.39 is 0 Å². The van der Waals surface area contributed by atoms with Gasteiger partial charge in [0.2, 0.25) is 0 Å². The molecule has 7 aromatic rings. The van der Waals surface area contributed by atoms with E-state index in [4.69, 9.17) is 27.8 Å². The van der Waals surface area contributed by atoms with Crippen LogP contribution in [0.2, 0.25) is 0 Å². The van der Waals surface area contributed by atoms with E-state index in [-0.39, 0.29) is 10.9 Å². The summed E-state index contributed by atoms with van der Waals surface area (Å²) in [5, 5.41) is 1.13. The van der Waals surface area contributed by atoms with E-state index in [0.29, 0.717) is 84.6 Å². The van der Waals surface area contributed by atoms with Gasteiger partial charge in [-0.2, -0.15) is 0 Å². The van der Waals surface area contributed by atoms with Crippen LogP contribution in [0, 0.1) is 0 Å². The maximum absolute atomic E-state index is 12.5. The lowest BCUT2D eigenvalue weighted by Gasteiger charge is -2.22. The lowest BCUT2D eigenvalue weighted by atomic mass is 10.1. The number of hydrogen-bond acceptors (Lipinski definition) is 9. The quantitative estimate of drug-likeness (QED) is 0.0751. The fourth-order valence-electron chi connectivity index (χ4n) is 6.36. The largest absolute Gasteiger partial charge is 0.491 e. The Bertz CT molecular complexity index is 2290. The highest BCUT2D eigenvalue weighted by Gasteiger charge is 2.10. The number of rotatable bonds is 19. The zero-order chi connectivity index (χ0) is 38.5. The first-order valence-electron chi connectivity index (χ1n) is 19.0. The first-order chi connectivity index (χ1) is 27.5. The molecule has 2 heterocycles. The molecule has 5 aromatic carbocycles. The van der Waals surface area contributed by atoms with Crippen molar-refractivity contribution in [3.8, 4) is 34.1 Å². The van der Waals surface area contributed by atoms with Crippen LogP contribution in [-0.4, -0.2) is 57.6 Å². The van der Waals surface area contributed by atoms with Gasteiger partial charge in [0, 0.05) is 42.9 Å². The Morgan fingerprint density at radius 2 is 0.946 bits per heavy atom. The fourth-order valence-corrected chi connectivity index (χ4v) is 6.36. The van der Waals surface area contributed by atoms with Crippen molar-refractivity contribution in [1.82, 2.24) is 4.90 Å². The van der Waals surface area contributed by atoms with Gasteiger partial charge in [-0.05, 0) is 90.3 Å². The molecule has 0 aliphatic heterocycles. The highest BCUT2D eigenvalue weighted by atomic mass is 16.5. The van der Waals surface area contributed by atoms with E-state index in [2.05, 4.69) is 36.1 Å². The van der Waals surface area contributed by atoms with E-state index in [1.54, 1.807) is 24.3 Å². The SMILES string of the molecule is CCc1ccc(CN(CCOCCOc2ccc(-c3cc(=O)c4ccccc4o3)cc2)CCOCCOc2ccc(-c3cc(=O)c4ccccc4o3)cc2)cc1. The summed E-state index contributed by atoms with van der Waals surface area (Å²) in [5.41, 5.74) is 5.16. The van der Waals surface area contributed by atoms with Crippen LogP contribution in [0.3, 0.4) is 0 Å². The van der Waals surface area contributed by atoms with Gasteiger partial charge < -0.3 is 27.8 Å². The molecule has 0 bridgehead atoms. The van der Waals surface area contributed by atoms with Crippen molar-refractivity contribution >= 4 is 21.9 Å². The van der Waals surface area contributed by atoms with Gasteiger partial charge in [-0.1, -0.05) is 55.5 Å². The van der Waals surface area contributed by atoms with Crippen molar-refractivity contribution in [2.24, 2.45) is 0 Å². The van der Waals surface area contributed by atoms with Crippen molar-refractivity contribution in [2.75, 3.05) is 52.7 Å². The summed E-state index contributed by atoms with van der Waals surface area (Å²) in [5.74, 6) is 2.47. The molecule has 0 aliphatic carbocycles. The summed E-state index contributed by atoms with van der Waals surface area (Å²) in [6.45, 7) is 7.26. The molecule has 9 nitrogen and oxygen atoms in total. The molecule has 9 heteroatoms.